The van der Waals surface area contributed by atoms with Gasteiger partial charge in [0.15, 0.2) is 0 Å². The van der Waals surface area contributed by atoms with Crippen LogP contribution in [0, 0.1) is 0 Å². The summed E-state index contributed by atoms with van der Waals surface area (Å²) in [6.45, 7) is 7.28. The molecule has 4 heterocycles. The zero-order valence-corrected chi connectivity index (χ0v) is 29.7. The molecule has 4 nitrogen and oxygen atoms in total. The van der Waals surface area contributed by atoms with E-state index in [1.807, 2.05) is 29.8 Å². The van der Waals surface area contributed by atoms with Crippen LogP contribution in [-0.4, -0.2) is 36.3 Å². The van der Waals surface area contributed by atoms with Gasteiger partial charge in [0, 0.05) is 0 Å². The third-order valence-corrected chi connectivity index (χ3v) is 18.2. The van der Waals surface area contributed by atoms with Gasteiger partial charge in [0.2, 0.25) is 0 Å². The van der Waals surface area contributed by atoms with Crippen LogP contribution >= 0.6 is 11.3 Å². The van der Waals surface area contributed by atoms with E-state index in [-0.39, 0.29) is 0 Å². The van der Waals surface area contributed by atoms with Crippen LogP contribution in [0.4, 0.5) is 0 Å². The van der Waals surface area contributed by atoms with Crippen molar-refractivity contribution in [3.63, 3.8) is 0 Å². The molecule has 0 spiro atoms. The van der Waals surface area contributed by atoms with E-state index >= 15 is 0 Å². The van der Waals surface area contributed by atoms with Gasteiger partial charge in [0.1, 0.15) is 0 Å². The molecule has 7 heteroatoms. The molecule has 1 aliphatic heterocycles. The molecular formula is C37H33GeN3OSSi. The Morgan fingerprint density at radius 3 is 2.36 bits per heavy atom. The number of ether oxygens (including phenoxy) is 1. The summed E-state index contributed by atoms with van der Waals surface area (Å²) >= 11 is -0.456. The van der Waals surface area contributed by atoms with Crippen LogP contribution in [0.1, 0.15) is 0 Å². The number of rotatable bonds is 4. The van der Waals surface area contributed by atoms with Gasteiger partial charge in [-0.2, -0.15) is 0 Å². The van der Waals surface area contributed by atoms with Gasteiger partial charge in [-0.05, 0) is 0 Å². The molecule has 0 saturated heterocycles. The van der Waals surface area contributed by atoms with Gasteiger partial charge in [-0.1, -0.05) is 0 Å². The van der Waals surface area contributed by atoms with E-state index in [1.165, 1.54) is 25.4 Å². The summed E-state index contributed by atoms with van der Waals surface area (Å²) in [6.07, 6.45) is 3.80. The van der Waals surface area contributed by atoms with Crippen molar-refractivity contribution in [3.05, 3.63) is 91.3 Å². The molecule has 0 amide bonds. The molecule has 0 N–H and O–H groups in total. The minimum absolute atomic E-state index is 0.865. The van der Waals surface area contributed by atoms with E-state index in [0.29, 0.717) is 0 Å². The Labute approximate surface area is 265 Å². The average molecular weight is 668 g/mol. The second kappa shape index (κ2) is 9.83. The Morgan fingerprint density at radius 1 is 0.750 bits per heavy atom. The number of hydrogen-bond donors (Lipinski definition) is 0. The van der Waals surface area contributed by atoms with Gasteiger partial charge in [0.05, 0.1) is 0 Å². The molecule has 4 aromatic carbocycles. The number of benzene rings is 4. The number of thiazole rings is 1. The SMILES string of the molecule is C[Si](C)(C)c1cc(-c2ccccn2)cc2c(-c3cc4c(c5s[c]([Ge]([CH3])([CH3])[CH3])nc35)Oc3cccc5ccnc-4c35)cccc12. The summed E-state index contributed by atoms with van der Waals surface area (Å²) in [5.41, 5.74) is 7.53. The number of pyridine rings is 2. The van der Waals surface area contributed by atoms with Crippen LogP contribution in [0.5, 0.6) is 11.5 Å². The summed E-state index contributed by atoms with van der Waals surface area (Å²) in [7, 11) is -1.72. The predicted octanol–water partition coefficient (Wildman–Crippen LogP) is 9.59. The fourth-order valence-corrected chi connectivity index (χ4v) is 12.6. The number of fused-ring (bicyclic) bond motifs is 5. The van der Waals surface area contributed by atoms with Crippen LogP contribution in [-0.2, 0) is 0 Å². The zero-order valence-electron chi connectivity index (χ0n) is 25.8. The zero-order chi connectivity index (χ0) is 30.4. The summed E-state index contributed by atoms with van der Waals surface area (Å²) in [5.74, 6) is 9.00. The van der Waals surface area contributed by atoms with Gasteiger partial charge < -0.3 is 0 Å². The van der Waals surface area contributed by atoms with Crippen molar-refractivity contribution in [1.29, 1.82) is 0 Å². The topological polar surface area (TPSA) is 47.9 Å². The maximum atomic E-state index is 6.76. The van der Waals surface area contributed by atoms with Gasteiger partial charge in [-0.3, -0.25) is 0 Å². The van der Waals surface area contributed by atoms with Crippen LogP contribution in [0.3, 0.4) is 0 Å². The molecule has 216 valence electrons. The van der Waals surface area contributed by atoms with Crippen molar-refractivity contribution >= 4 is 73.5 Å². The van der Waals surface area contributed by atoms with E-state index in [4.69, 9.17) is 19.7 Å². The molecule has 0 unspecified atom stereocenters. The van der Waals surface area contributed by atoms with E-state index in [0.717, 1.165) is 60.6 Å². The molecule has 7 aromatic rings. The Morgan fingerprint density at radius 2 is 1.59 bits per heavy atom. The predicted molar refractivity (Wildman–Crippen MR) is 193 cm³/mol. The Balaban J connectivity index is 1.50. The summed E-state index contributed by atoms with van der Waals surface area (Å²) < 4.78 is 9.15. The first-order chi connectivity index (χ1) is 21.1. The van der Waals surface area contributed by atoms with Crippen LogP contribution in [0.2, 0.25) is 36.9 Å². The number of hydrogen-bond acceptors (Lipinski definition) is 5. The van der Waals surface area contributed by atoms with Crippen molar-refractivity contribution < 1.29 is 4.74 Å². The van der Waals surface area contributed by atoms with E-state index in [9.17, 15) is 0 Å². The molecule has 0 atom stereocenters. The third-order valence-electron chi connectivity index (χ3n) is 8.54. The fourth-order valence-electron chi connectivity index (χ4n) is 6.38. The first-order valence-corrected chi connectivity index (χ1v) is 26.8. The normalized spacial score (nSPS) is 13.0. The van der Waals surface area contributed by atoms with Crippen molar-refractivity contribution in [1.82, 2.24) is 15.0 Å². The maximum absolute atomic E-state index is 6.76. The average Bonchev–Trinajstić information content (AvgIpc) is 3.47. The van der Waals surface area contributed by atoms with Crippen LogP contribution in [0.15, 0.2) is 91.3 Å². The fraction of sp³-hybridized carbons (Fsp3) is 0.162. The molecule has 0 aliphatic carbocycles. The Hall–Kier alpha value is -3.85. The molecule has 44 heavy (non-hydrogen) atoms. The number of aromatic nitrogens is 3. The molecule has 3 aromatic heterocycles. The first-order valence-electron chi connectivity index (χ1n) is 15.1. The van der Waals surface area contributed by atoms with Crippen molar-refractivity contribution in [3.8, 4) is 45.1 Å². The first kappa shape index (κ1) is 27.7. The third kappa shape index (κ3) is 4.34. The molecule has 0 fully saturated rings. The van der Waals surface area contributed by atoms with Crippen LogP contribution < -0.4 is 13.8 Å². The summed E-state index contributed by atoms with van der Waals surface area (Å²) in [5, 5.41) is 6.21. The van der Waals surface area contributed by atoms with Crippen molar-refractivity contribution in [2.24, 2.45) is 0 Å². The second-order valence-corrected chi connectivity index (χ2v) is 31.0. The standard InChI is InChI=1S/C37H33GeN3OSSi/c1-38(2,3)37-41-34-27(21-28-33-32-22(16-18-40-33)11-9-15-30(32)42-35(28)36(34)43-37)24-12-10-13-25-26(24)19-23(20-31(25)44(4,5)6)29-14-7-8-17-39-29/h7-21H,1-6H3. The molecule has 0 radical (unpaired) electrons. The quantitative estimate of drug-likeness (QED) is 0.175. The molecule has 0 saturated carbocycles. The van der Waals surface area contributed by atoms with Crippen molar-refractivity contribution in [2.75, 3.05) is 0 Å². The van der Waals surface area contributed by atoms with Gasteiger partial charge >= 0.3 is 266 Å². The van der Waals surface area contributed by atoms with Crippen LogP contribution in [0.25, 0.3) is 65.4 Å². The number of nitrogens with zero attached hydrogens (tertiary/aromatic N) is 3. The monoisotopic (exact) mass is 669 g/mol. The Kier molecular flexibility index (Phi) is 6.18. The van der Waals surface area contributed by atoms with Gasteiger partial charge in [-0.25, -0.2) is 0 Å². The van der Waals surface area contributed by atoms with Gasteiger partial charge in [-0.15, -0.1) is 0 Å². The van der Waals surface area contributed by atoms with Gasteiger partial charge in [0.25, 0.3) is 0 Å². The minimum atomic E-state index is -2.28. The Bertz CT molecular complexity index is 2280. The molecular weight excluding hydrogens is 635 g/mol. The summed E-state index contributed by atoms with van der Waals surface area (Å²) in [4.78, 5) is 15.1. The molecule has 1 aliphatic rings. The van der Waals surface area contributed by atoms with Crippen molar-refractivity contribution in [2.45, 2.75) is 36.9 Å². The molecule has 0 bridgehead atoms. The molecule has 8 rings (SSSR count). The van der Waals surface area contributed by atoms with E-state index in [2.05, 4.69) is 110 Å². The van der Waals surface area contributed by atoms with E-state index in [1.54, 1.807) is 0 Å². The second-order valence-electron chi connectivity index (χ2n) is 13.8. The summed E-state index contributed by atoms with van der Waals surface area (Å²) in [6, 6.07) is 28.3. The van der Waals surface area contributed by atoms with E-state index < -0.39 is 21.3 Å².